The fourth-order valence-electron chi connectivity index (χ4n) is 5.24. The number of hydrogen-bond donors (Lipinski definition) is 1. The smallest absolute Gasteiger partial charge is 0.387 e. The number of anilines is 1. The second-order valence-corrected chi connectivity index (χ2v) is 9.84. The minimum absolute atomic E-state index is 0.0319. The van der Waals surface area contributed by atoms with Crippen molar-refractivity contribution in [3.63, 3.8) is 0 Å². The average molecular weight is 592 g/mol. The molecule has 2 amide bonds. The summed E-state index contributed by atoms with van der Waals surface area (Å²) in [7, 11) is 1.23. The number of benzene rings is 2. The lowest BCUT2D eigenvalue weighted by Gasteiger charge is -2.23. The summed E-state index contributed by atoms with van der Waals surface area (Å²) in [6, 6.07) is 7.69. The summed E-state index contributed by atoms with van der Waals surface area (Å²) in [6.45, 7) is -2.46. The summed E-state index contributed by atoms with van der Waals surface area (Å²) >= 11 is 0. The van der Waals surface area contributed by atoms with Crippen molar-refractivity contribution in [2.45, 2.75) is 37.3 Å². The molecule has 0 unspecified atom stereocenters. The molecule has 0 aliphatic carbocycles. The van der Waals surface area contributed by atoms with Crippen LogP contribution in [0.25, 0.3) is 0 Å². The van der Waals surface area contributed by atoms with E-state index in [4.69, 9.17) is 9.47 Å². The molecule has 0 radical (unpaired) electrons. The van der Waals surface area contributed by atoms with E-state index in [1.165, 1.54) is 31.4 Å². The zero-order valence-corrected chi connectivity index (χ0v) is 22.3. The highest BCUT2D eigenvalue weighted by molar-refractivity contribution is 6.04. The van der Waals surface area contributed by atoms with Crippen molar-refractivity contribution in [1.29, 1.82) is 0 Å². The number of carbonyl (C=O) groups is 2. The average Bonchev–Trinajstić information content (AvgIpc) is 3.28. The monoisotopic (exact) mass is 591 g/mol. The molecule has 2 atom stereocenters. The molecule has 2 saturated heterocycles. The van der Waals surface area contributed by atoms with Gasteiger partial charge in [-0.05, 0) is 49.2 Å². The van der Waals surface area contributed by atoms with Crippen LogP contribution in [-0.2, 0) is 9.53 Å². The van der Waals surface area contributed by atoms with Gasteiger partial charge in [0.25, 0.3) is 11.8 Å². The van der Waals surface area contributed by atoms with E-state index in [0.29, 0.717) is 31.7 Å². The molecule has 2 aliphatic rings. The minimum Gasteiger partial charge on any atom is -0.497 e. The molecule has 2 aromatic carbocycles. The zero-order chi connectivity index (χ0) is 30.0. The molecule has 0 spiro atoms. The number of alkyl halides is 2. The molecule has 2 fully saturated rings. The summed E-state index contributed by atoms with van der Waals surface area (Å²) in [4.78, 5) is 32.2. The number of aromatic nitrogens is 1. The normalized spacial score (nSPS) is 19.3. The van der Waals surface area contributed by atoms with Gasteiger partial charge in [-0.1, -0.05) is 0 Å². The van der Waals surface area contributed by atoms with Gasteiger partial charge in [-0.3, -0.25) is 14.5 Å². The van der Waals surface area contributed by atoms with Crippen LogP contribution in [0.4, 0.5) is 27.8 Å². The molecule has 0 bridgehead atoms. The van der Waals surface area contributed by atoms with Gasteiger partial charge in [0.1, 0.15) is 29.2 Å². The van der Waals surface area contributed by atoms with E-state index in [2.05, 4.69) is 15.0 Å². The lowest BCUT2D eigenvalue weighted by Crippen LogP contribution is -2.44. The third-order valence-corrected chi connectivity index (χ3v) is 7.35. The third kappa shape index (κ3) is 6.01. The topological polar surface area (TPSA) is 90.0 Å². The standard InChI is InChI=1S/C29H26F5N3O5/c1-40-18-12-21(31)24(22(32)13-18)19-14-37(26-20(30)6-7-23(35-26)15-8-10-41-11-9-15)28(39)25(19)36-27(38)16-2-4-17(5-3-16)42-29(33)34/h2-7,12-13,15,19,25,29H,8-11,14H2,1H3,(H,36,38)/t19-,25-/m0/s1. The first-order valence-electron chi connectivity index (χ1n) is 13.1. The van der Waals surface area contributed by atoms with Crippen LogP contribution in [0.1, 0.15) is 46.3 Å². The van der Waals surface area contributed by atoms with Crippen LogP contribution in [0.5, 0.6) is 11.5 Å². The number of nitrogens with one attached hydrogen (secondary N) is 1. The van der Waals surface area contributed by atoms with Crippen LogP contribution < -0.4 is 19.7 Å². The zero-order valence-electron chi connectivity index (χ0n) is 22.3. The summed E-state index contributed by atoms with van der Waals surface area (Å²) < 4.78 is 85.2. The number of pyridine rings is 1. The first kappa shape index (κ1) is 29.2. The lowest BCUT2D eigenvalue weighted by atomic mass is 9.92. The molecule has 3 aromatic rings. The van der Waals surface area contributed by atoms with Gasteiger partial charge in [0.2, 0.25) is 0 Å². The van der Waals surface area contributed by atoms with Crippen LogP contribution >= 0.6 is 0 Å². The Morgan fingerprint density at radius 2 is 1.67 bits per heavy atom. The van der Waals surface area contributed by atoms with Gasteiger partial charge in [0.15, 0.2) is 11.6 Å². The number of carbonyl (C=O) groups excluding carboxylic acids is 2. The second kappa shape index (κ2) is 12.3. The molecule has 3 heterocycles. The number of rotatable bonds is 8. The van der Waals surface area contributed by atoms with E-state index in [0.717, 1.165) is 29.2 Å². The highest BCUT2D eigenvalue weighted by Gasteiger charge is 2.46. The van der Waals surface area contributed by atoms with Crippen molar-refractivity contribution in [1.82, 2.24) is 10.3 Å². The molecule has 2 aliphatic heterocycles. The quantitative estimate of drug-likeness (QED) is 0.374. The van der Waals surface area contributed by atoms with E-state index < -0.39 is 59.9 Å². The molecule has 1 aromatic heterocycles. The predicted molar refractivity (Wildman–Crippen MR) is 139 cm³/mol. The van der Waals surface area contributed by atoms with Gasteiger partial charge in [0, 0.05) is 60.5 Å². The number of ether oxygens (including phenoxy) is 3. The molecule has 42 heavy (non-hydrogen) atoms. The molecule has 0 saturated carbocycles. The van der Waals surface area contributed by atoms with Gasteiger partial charge in [-0.2, -0.15) is 8.78 Å². The first-order valence-corrected chi connectivity index (χ1v) is 13.1. The maximum Gasteiger partial charge on any atom is 0.387 e. The van der Waals surface area contributed by atoms with Gasteiger partial charge >= 0.3 is 6.61 Å². The fraction of sp³-hybridized carbons (Fsp3) is 0.345. The highest BCUT2D eigenvalue weighted by atomic mass is 19.3. The molecular formula is C29H26F5N3O5. The van der Waals surface area contributed by atoms with Crippen LogP contribution in [0.3, 0.4) is 0 Å². The van der Waals surface area contributed by atoms with Crippen molar-refractivity contribution < 1.29 is 45.8 Å². The van der Waals surface area contributed by atoms with Crippen LogP contribution in [0, 0.1) is 17.5 Å². The van der Waals surface area contributed by atoms with Gasteiger partial charge in [-0.15, -0.1) is 0 Å². The maximum absolute atomic E-state index is 15.2. The van der Waals surface area contributed by atoms with Gasteiger partial charge in [0.05, 0.1) is 7.11 Å². The first-order chi connectivity index (χ1) is 20.2. The molecule has 8 nitrogen and oxygen atoms in total. The fourth-order valence-corrected chi connectivity index (χ4v) is 5.24. The van der Waals surface area contributed by atoms with Crippen molar-refractivity contribution >= 4 is 17.6 Å². The van der Waals surface area contributed by atoms with Crippen LogP contribution in [0.15, 0.2) is 48.5 Å². The molecule has 13 heteroatoms. The predicted octanol–water partition coefficient (Wildman–Crippen LogP) is 4.93. The number of methoxy groups -OCH3 is 1. The Kier molecular flexibility index (Phi) is 8.57. The molecule has 5 rings (SSSR count). The highest BCUT2D eigenvalue weighted by Crippen LogP contribution is 2.38. The van der Waals surface area contributed by atoms with Crippen LogP contribution in [0.2, 0.25) is 0 Å². The summed E-state index contributed by atoms with van der Waals surface area (Å²) in [6.07, 6.45) is 1.30. The molecule has 1 N–H and O–H groups in total. The minimum atomic E-state index is -3.07. The van der Waals surface area contributed by atoms with Crippen LogP contribution in [-0.4, -0.2) is 56.3 Å². The van der Waals surface area contributed by atoms with E-state index >= 15 is 13.2 Å². The Balaban J connectivity index is 1.49. The number of halogens is 5. The van der Waals surface area contributed by atoms with Gasteiger partial charge < -0.3 is 19.5 Å². The van der Waals surface area contributed by atoms with Crippen molar-refractivity contribution in [3.05, 3.63) is 82.8 Å². The number of amides is 2. The number of hydrogen-bond acceptors (Lipinski definition) is 6. The van der Waals surface area contributed by atoms with E-state index in [-0.39, 0.29) is 28.8 Å². The molecule has 222 valence electrons. The summed E-state index contributed by atoms with van der Waals surface area (Å²) in [5.74, 6) is -6.48. The van der Waals surface area contributed by atoms with Crippen molar-refractivity contribution in [2.75, 3.05) is 31.8 Å². The Morgan fingerprint density at radius 1 is 1.00 bits per heavy atom. The summed E-state index contributed by atoms with van der Waals surface area (Å²) in [5.41, 5.74) is 0.00110. The van der Waals surface area contributed by atoms with Crippen molar-refractivity contribution in [2.24, 2.45) is 0 Å². The summed E-state index contributed by atoms with van der Waals surface area (Å²) in [5, 5.41) is 2.48. The van der Waals surface area contributed by atoms with Crippen molar-refractivity contribution in [3.8, 4) is 11.5 Å². The SMILES string of the molecule is COc1cc(F)c([C@@H]2CN(c3nc(C4CCOCC4)ccc3F)C(=O)[C@H]2NC(=O)c2ccc(OC(F)F)cc2)c(F)c1. The van der Waals surface area contributed by atoms with E-state index in [9.17, 15) is 18.4 Å². The second-order valence-electron chi connectivity index (χ2n) is 9.84. The molecular weight excluding hydrogens is 565 g/mol. The lowest BCUT2D eigenvalue weighted by molar-refractivity contribution is -0.118. The van der Waals surface area contributed by atoms with Gasteiger partial charge in [-0.25, -0.2) is 18.2 Å². The Morgan fingerprint density at radius 3 is 2.29 bits per heavy atom. The Hall–Kier alpha value is -4.26. The number of nitrogens with zero attached hydrogens (tertiary/aromatic N) is 2. The maximum atomic E-state index is 15.2. The largest absolute Gasteiger partial charge is 0.497 e. The Labute approximate surface area is 237 Å². The third-order valence-electron chi connectivity index (χ3n) is 7.35. The van der Waals surface area contributed by atoms with E-state index in [1.807, 2.05) is 0 Å². The Bertz CT molecular complexity index is 1440. The van der Waals surface area contributed by atoms with E-state index in [1.54, 1.807) is 0 Å².